The van der Waals surface area contributed by atoms with Gasteiger partial charge in [-0.25, -0.2) is 0 Å². The summed E-state index contributed by atoms with van der Waals surface area (Å²) in [7, 11) is 0. The van der Waals surface area contributed by atoms with Gasteiger partial charge in [0.1, 0.15) is 6.29 Å². The molecule has 0 amide bonds. The summed E-state index contributed by atoms with van der Waals surface area (Å²) in [5.41, 5.74) is 2.64. The Labute approximate surface area is 125 Å². The average Bonchev–Trinajstić information content (AvgIpc) is 2.53. The number of rotatable bonds is 3. The number of nitro groups is 1. The third kappa shape index (κ3) is 2.60. The van der Waals surface area contributed by atoms with Gasteiger partial charge in [-0.3, -0.25) is 14.9 Å². The molecule has 0 bridgehead atoms. The van der Waals surface area contributed by atoms with Crippen molar-refractivity contribution in [3.8, 4) is 0 Å². The van der Waals surface area contributed by atoms with Crippen molar-refractivity contribution in [2.75, 3.05) is 0 Å². The molecule has 0 spiro atoms. The average molecular weight is 297 g/mol. The van der Waals surface area contributed by atoms with Crippen molar-refractivity contribution < 1.29 is 9.72 Å². The molecule has 1 aliphatic rings. The largest absolute Gasteiger partial charge is 0.298 e. The lowest BCUT2D eigenvalue weighted by molar-refractivity contribution is -0.384. The van der Waals surface area contributed by atoms with Gasteiger partial charge in [-0.05, 0) is 23.3 Å². The lowest BCUT2D eigenvalue weighted by Crippen LogP contribution is -2.04. The van der Waals surface area contributed by atoms with E-state index in [4.69, 9.17) is 0 Å². The summed E-state index contributed by atoms with van der Waals surface area (Å²) in [6.45, 7) is 0. The minimum Gasteiger partial charge on any atom is -0.298 e. The van der Waals surface area contributed by atoms with E-state index in [0.29, 0.717) is 5.57 Å². The fourth-order valence-electron chi connectivity index (χ4n) is 2.28. The molecule has 104 valence electrons. The summed E-state index contributed by atoms with van der Waals surface area (Å²) in [6, 6.07) is 14.2. The molecule has 0 aliphatic carbocycles. The Bertz CT molecular complexity index is 737. The molecule has 0 fully saturated rings. The summed E-state index contributed by atoms with van der Waals surface area (Å²) in [4.78, 5) is 22.7. The predicted molar refractivity (Wildman–Crippen MR) is 82.2 cm³/mol. The van der Waals surface area contributed by atoms with Gasteiger partial charge in [0.2, 0.25) is 0 Å². The zero-order valence-electron chi connectivity index (χ0n) is 10.9. The standard InChI is InChI=1S/C16H11NO3S/c18-10-13-9-12-3-1-2-4-15(12)21-16(13)11-5-7-14(8-6-11)17(19)20/h1-10,16H. The zero-order valence-corrected chi connectivity index (χ0v) is 11.7. The fraction of sp³-hybridized carbons (Fsp3) is 0.0625. The van der Waals surface area contributed by atoms with Crippen molar-refractivity contribution in [3.63, 3.8) is 0 Å². The van der Waals surface area contributed by atoms with E-state index in [-0.39, 0.29) is 10.9 Å². The van der Waals surface area contributed by atoms with Crippen LogP contribution in [-0.2, 0) is 4.79 Å². The Morgan fingerprint density at radius 2 is 1.81 bits per heavy atom. The number of non-ortho nitro benzene ring substituents is 1. The van der Waals surface area contributed by atoms with Crippen molar-refractivity contribution in [1.29, 1.82) is 0 Å². The van der Waals surface area contributed by atoms with Crippen LogP contribution in [0.3, 0.4) is 0 Å². The first kappa shape index (κ1) is 13.6. The van der Waals surface area contributed by atoms with E-state index in [9.17, 15) is 14.9 Å². The molecule has 21 heavy (non-hydrogen) atoms. The van der Waals surface area contributed by atoms with Crippen LogP contribution in [0.5, 0.6) is 0 Å². The molecule has 0 aromatic heterocycles. The van der Waals surface area contributed by atoms with Gasteiger partial charge in [-0.2, -0.15) is 0 Å². The molecule has 1 atom stereocenters. The molecule has 1 unspecified atom stereocenters. The van der Waals surface area contributed by atoms with Gasteiger partial charge in [-0.1, -0.05) is 30.3 Å². The Hall–Kier alpha value is -2.40. The van der Waals surface area contributed by atoms with Crippen LogP contribution < -0.4 is 0 Å². The topological polar surface area (TPSA) is 60.2 Å². The van der Waals surface area contributed by atoms with Crippen molar-refractivity contribution in [2.45, 2.75) is 10.1 Å². The summed E-state index contributed by atoms with van der Waals surface area (Å²) < 4.78 is 0. The number of nitrogens with zero attached hydrogens (tertiary/aromatic N) is 1. The smallest absolute Gasteiger partial charge is 0.269 e. The van der Waals surface area contributed by atoms with Gasteiger partial charge < -0.3 is 0 Å². The van der Waals surface area contributed by atoms with Crippen LogP contribution in [0.1, 0.15) is 16.4 Å². The SMILES string of the molecule is O=CC1=Cc2ccccc2SC1c1ccc([N+](=O)[O-])cc1. The summed E-state index contributed by atoms with van der Waals surface area (Å²) in [5.74, 6) is 0. The van der Waals surface area contributed by atoms with Crippen LogP contribution in [-0.4, -0.2) is 11.2 Å². The highest BCUT2D eigenvalue weighted by atomic mass is 32.2. The van der Waals surface area contributed by atoms with Crippen LogP contribution in [0, 0.1) is 10.1 Å². The Morgan fingerprint density at radius 3 is 2.48 bits per heavy atom. The van der Waals surface area contributed by atoms with E-state index in [0.717, 1.165) is 22.3 Å². The van der Waals surface area contributed by atoms with Gasteiger partial charge in [0.15, 0.2) is 0 Å². The van der Waals surface area contributed by atoms with Gasteiger partial charge in [0, 0.05) is 22.6 Å². The summed E-state index contributed by atoms with van der Waals surface area (Å²) in [5, 5.41) is 10.6. The van der Waals surface area contributed by atoms with Crippen molar-refractivity contribution in [3.05, 3.63) is 75.3 Å². The number of fused-ring (bicyclic) bond motifs is 1. The highest BCUT2D eigenvalue weighted by Gasteiger charge is 2.23. The van der Waals surface area contributed by atoms with Gasteiger partial charge in [0.25, 0.3) is 5.69 Å². The van der Waals surface area contributed by atoms with Gasteiger partial charge in [-0.15, -0.1) is 11.8 Å². The molecule has 2 aromatic carbocycles. The first-order chi connectivity index (χ1) is 10.2. The molecule has 4 nitrogen and oxygen atoms in total. The van der Waals surface area contributed by atoms with Crippen molar-refractivity contribution in [2.24, 2.45) is 0 Å². The highest BCUT2D eigenvalue weighted by Crippen LogP contribution is 2.46. The predicted octanol–water partition coefficient (Wildman–Crippen LogP) is 4.02. The lowest BCUT2D eigenvalue weighted by atomic mass is 10.0. The van der Waals surface area contributed by atoms with Gasteiger partial charge >= 0.3 is 0 Å². The summed E-state index contributed by atoms with van der Waals surface area (Å²) in [6.07, 6.45) is 2.74. The Balaban J connectivity index is 1.99. The second kappa shape index (κ2) is 5.54. The van der Waals surface area contributed by atoms with E-state index in [2.05, 4.69) is 0 Å². The van der Waals surface area contributed by atoms with Crippen LogP contribution in [0.4, 0.5) is 5.69 Å². The number of hydrogen-bond acceptors (Lipinski definition) is 4. The second-order valence-corrected chi connectivity index (χ2v) is 5.79. The number of thioether (sulfide) groups is 1. The fourth-order valence-corrected chi connectivity index (χ4v) is 3.51. The lowest BCUT2D eigenvalue weighted by Gasteiger charge is -2.22. The molecular weight excluding hydrogens is 286 g/mol. The number of carbonyl (C=O) groups excluding carboxylic acids is 1. The monoisotopic (exact) mass is 297 g/mol. The Kier molecular flexibility index (Phi) is 3.58. The molecular formula is C16H11NO3S. The molecule has 5 heteroatoms. The molecule has 0 radical (unpaired) electrons. The maximum atomic E-state index is 11.3. The zero-order chi connectivity index (χ0) is 14.8. The first-order valence-corrected chi connectivity index (χ1v) is 7.24. The number of aldehydes is 1. The van der Waals surface area contributed by atoms with E-state index in [1.807, 2.05) is 30.3 Å². The minimum atomic E-state index is -0.427. The van der Waals surface area contributed by atoms with Crippen LogP contribution in [0.2, 0.25) is 0 Å². The van der Waals surface area contributed by atoms with E-state index < -0.39 is 4.92 Å². The van der Waals surface area contributed by atoms with E-state index in [1.54, 1.807) is 23.9 Å². The van der Waals surface area contributed by atoms with Gasteiger partial charge in [0.05, 0.1) is 10.2 Å². The third-order valence-corrected chi connectivity index (χ3v) is 4.74. The first-order valence-electron chi connectivity index (χ1n) is 6.36. The number of nitro benzene ring substituents is 1. The molecule has 0 saturated carbocycles. The molecule has 3 rings (SSSR count). The Morgan fingerprint density at radius 1 is 1.10 bits per heavy atom. The van der Waals surface area contributed by atoms with Crippen molar-refractivity contribution in [1.82, 2.24) is 0 Å². The molecule has 0 saturated heterocycles. The normalized spacial score (nSPS) is 16.8. The third-order valence-electron chi connectivity index (χ3n) is 3.33. The van der Waals surface area contributed by atoms with Crippen LogP contribution in [0.25, 0.3) is 6.08 Å². The maximum Gasteiger partial charge on any atom is 0.269 e. The van der Waals surface area contributed by atoms with E-state index in [1.165, 1.54) is 12.1 Å². The van der Waals surface area contributed by atoms with Crippen molar-refractivity contribution >= 4 is 29.8 Å². The number of hydrogen-bond donors (Lipinski definition) is 0. The van der Waals surface area contributed by atoms with Crippen LogP contribution >= 0.6 is 11.8 Å². The number of carbonyl (C=O) groups is 1. The minimum absolute atomic E-state index is 0.0524. The molecule has 1 heterocycles. The highest BCUT2D eigenvalue weighted by molar-refractivity contribution is 8.00. The summed E-state index contributed by atoms with van der Waals surface area (Å²) >= 11 is 1.59. The second-order valence-electron chi connectivity index (χ2n) is 4.65. The molecule has 0 N–H and O–H groups in total. The van der Waals surface area contributed by atoms with E-state index >= 15 is 0 Å². The molecule has 2 aromatic rings. The molecule has 1 aliphatic heterocycles. The maximum absolute atomic E-state index is 11.3. The quantitative estimate of drug-likeness (QED) is 0.487. The number of benzene rings is 2. The van der Waals surface area contributed by atoms with Crippen LogP contribution in [0.15, 0.2) is 59.0 Å².